The maximum absolute atomic E-state index is 12.6. The number of hydrogen-bond acceptors (Lipinski definition) is 8. The average Bonchev–Trinajstić information content (AvgIpc) is 2.88. The van der Waals surface area contributed by atoms with E-state index in [-0.39, 0.29) is 17.6 Å². The van der Waals surface area contributed by atoms with Gasteiger partial charge in [-0.05, 0) is 43.2 Å². The van der Waals surface area contributed by atoms with Crippen LogP contribution < -0.4 is 20.1 Å². The molecule has 1 aliphatic rings. The second kappa shape index (κ2) is 13.5. The number of benzene rings is 2. The third-order valence-electron chi connectivity index (χ3n) is 5.84. The Hall–Kier alpha value is -3.37. The molecule has 2 aromatic rings. The van der Waals surface area contributed by atoms with Crippen LogP contribution in [0.4, 0.5) is 11.4 Å². The first-order valence-corrected chi connectivity index (χ1v) is 11.9. The van der Waals surface area contributed by atoms with Gasteiger partial charge in [0.1, 0.15) is 0 Å². The van der Waals surface area contributed by atoms with Crippen molar-refractivity contribution in [3.05, 3.63) is 58.1 Å². The molecule has 0 aliphatic carbocycles. The van der Waals surface area contributed by atoms with Crippen LogP contribution >= 0.6 is 0 Å². The summed E-state index contributed by atoms with van der Waals surface area (Å²) >= 11 is 0. The fourth-order valence-corrected chi connectivity index (χ4v) is 3.99. The van der Waals surface area contributed by atoms with Crippen LogP contribution in [0.25, 0.3) is 0 Å². The summed E-state index contributed by atoms with van der Waals surface area (Å²) in [4.78, 5) is 25.2. The summed E-state index contributed by atoms with van der Waals surface area (Å²) < 4.78 is 16.7. The van der Waals surface area contributed by atoms with Crippen molar-refractivity contribution in [1.82, 2.24) is 10.2 Å². The minimum atomic E-state index is -0.429. The van der Waals surface area contributed by atoms with Crippen LogP contribution in [0.1, 0.15) is 31.4 Å². The van der Waals surface area contributed by atoms with Crippen molar-refractivity contribution >= 4 is 17.3 Å². The smallest absolute Gasteiger partial charge is 0.269 e. The number of nitrogens with zero attached hydrogens (tertiary/aromatic N) is 2. The largest absolute Gasteiger partial charge is 0.493 e. The summed E-state index contributed by atoms with van der Waals surface area (Å²) in [7, 11) is 1.62. The van der Waals surface area contributed by atoms with Crippen molar-refractivity contribution in [3.63, 3.8) is 0 Å². The number of anilines is 1. The molecule has 1 saturated heterocycles. The van der Waals surface area contributed by atoms with Gasteiger partial charge in [0.05, 0.1) is 37.9 Å². The molecule has 1 aliphatic heterocycles. The highest BCUT2D eigenvalue weighted by Crippen LogP contribution is 2.32. The van der Waals surface area contributed by atoms with E-state index in [0.717, 1.165) is 24.3 Å². The monoisotopic (exact) mass is 486 g/mol. The van der Waals surface area contributed by atoms with Gasteiger partial charge in [0, 0.05) is 50.4 Å². The molecule has 1 unspecified atom stereocenters. The molecule has 0 aromatic heterocycles. The second-order valence-corrected chi connectivity index (χ2v) is 8.15. The number of morpholine rings is 1. The third kappa shape index (κ3) is 7.83. The number of nitro benzene ring substituents is 1. The Balaban J connectivity index is 1.53. The SMILES string of the molecule is CCOc1ccc(C(CNC(=O)CCCNc2ccc([N+](=O)[O-])cc2)N2CCOCC2)cc1OC. The Bertz CT molecular complexity index is 963. The van der Waals surface area contributed by atoms with E-state index >= 15 is 0 Å². The molecule has 2 N–H and O–H groups in total. The highest BCUT2D eigenvalue weighted by atomic mass is 16.6. The van der Waals surface area contributed by atoms with Crippen LogP contribution in [0.2, 0.25) is 0 Å². The molecule has 190 valence electrons. The third-order valence-corrected chi connectivity index (χ3v) is 5.84. The fraction of sp³-hybridized carbons (Fsp3) is 0.480. The summed E-state index contributed by atoms with van der Waals surface area (Å²) in [6, 6.07) is 12.1. The van der Waals surface area contributed by atoms with E-state index in [1.54, 1.807) is 19.2 Å². The van der Waals surface area contributed by atoms with Gasteiger partial charge in [-0.25, -0.2) is 0 Å². The lowest BCUT2D eigenvalue weighted by Crippen LogP contribution is -2.43. The van der Waals surface area contributed by atoms with Crippen molar-refractivity contribution in [2.75, 3.05) is 58.4 Å². The maximum Gasteiger partial charge on any atom is 0.269 e. The summed E-state index contributed by atoms with van der Waals surface area (Å²) in [5, 5.41) is 17.0. The zero-order chi connectivity index (χ0) is 25.0. The zero-order valence-electron chi connectivity index (χ0n) is 20.3. The molecule has 0 saturated carbocycles. The molecule has 10 nitrogen and oxygen atoms in total. The first-order chi connectivity index (χ1) is 17.0. The standard InChI is InChI=1S/C25H34N4O6/c1-3-35-23-11-6-19(17-24(23)33-2)22(28-13-15-34-16-14-28)18-27-25(30)5-4-12-26-20-7-9-21(10-8-20)29(31)32/h6-11,17,22,26H,3-5,12-16,18H2,1-2H3,(H,27,30). The van der Waals surface area contributed by atoms with E-state index in [2.05, 4.69) is 15.5 Å². The molecule has 3 rings (SSSR count). The second-order valence-electron chi connectivity index (χ2n) is 8.15. The molecule has 0 spiro atoms. The molecular formula is C25H34N4O6. The Morgan fingerprint density at radius 2 is 1.91 bits per heavy atom. The number of amides is 1. The number of hydrogen-bond donors (Lipinski definition) is 2. The summed E-state index contributed by atoms with van der Waals surface area (Å²) in [6.45, 7) is 6.45. The molecule has 0 bridgehead atoms. The highest BCUT2D eigenvalue weighted by molar-refractivity contribution is 5.76. The van der Waals surface area contributed by atoms with Crippen LogP contribution in [0, 0.1) is 10.1 Å². The van der Waals surface area contributed by atoms with Gasteiger partial charge in [-0.2, -0.15) is 0 Å². The van der Waals surface area contributed by atoms with Gasteiger partial charge >= 0.3 is 0 Å². The Morgan fingerprint density at radius 1 is 1.17 bits per heavy atom. The predicted molar refractivity (Wildman–Crippen MR) is 133 cm³/mol. The number of carbonyl (C=O) groups excluding carboxylic acids is 1. The van der Waals surface area contributed by atoms with Crippen LogP contribution in [0.3, 0.4) is 0 Å². The van der Waals surface area contributed by atoms with Gasteiger partial charge < -0.3 is 24.8 Å². The van der Waals surface area contributed by atoms with Gasteiger partial charge in [-0.1, -0.05) is 6.07 Å². The van der Waals surface area contributed by atoms with Crippen LogP contribution in [0.15, 0.2) is 42.5 Å². The van der Waals surface area contributed by atoms with Gasteiger partial charge in [0.25, 0.3) is 5.69 Å². The number of nitro groups is 1. The van der Waals surface area contributed by atoms with Crippen LogP contribution in [0.5, 0.6) is 11.5 Å². The minimum absolute atomic E-state index is 0.00865. The first-order valence-electron chi connectivity index (χ1n) is 11.9. The summed E-state index contributed by atoms with van der Waals surface area (Å²) in [5.41, 5.74) is 1.88. The van der Waals surface area contributed by atoms with Gasteiger partial charge in [0.2, 0.25) is 5.91 Å². The van der Waals surface area contributed by atoms with Crippen molar-refractivity contribution in [1.29, 1.82) is 0 Å². The van der Waals surface area contributed by atoms with E-state index in [1.807, 2.05) is 25.1 Å². The summed E-state index contributed by atoms with van der Waals surface area (Å²) in [5.74, 6) is 1.35. The van der Waals surface area contributed by atoms with Gasteiger partial charge in [-0.15, -0.1) is 0 Å². The molecule has 10 heteroatoms. The van der Waals surface area contributed by atoms with Crippen molar-refractivity contribution in [2.45, 2.75) is 25.8 Å². The topological polar surface area (TPSA) is 115 Å². The number of ether oxygens (including phenoxy) is 3. The lowest BCUT2D eigenvalue weighted by Gasteiger charge is -2.35. The highest BCUT2D eigenvalue weighted by Gasteiger charge is 2.24. The van der Waals surface area contributed by atoms with Crippen molar-refractivity contribution in [2.24, 2.45) is 0 Å². The molecule has 35 heavy (non-hydrogen) atoms. The lowest BCUT2D eigenvalue weighted by atomic mass is 10.0. The quantitative estimate of drug-likeness (QED) is 0.252. The molecule has 1 fully saturated rings. The molecular weight excluding hydrogens is 452 g/mol. The van der Waals surface area contributed by atoms with E-state index in [4.69, 9.17) is 14.2 Å². The molecule has 2 aromatic carbocycles. The van der Waals surface area contributed by atoms with Gasteiger partial charge in [-0.3, -0.25) is 19.8 Å². The number of methoxy groups -OCH3 is 1. The summed E-state index contributed by atoms with van der Waals surface area (Å²) in [6.07, 6.45) is 1.02. The maximum atomic E-state index is 12.6. The fourth-order valence-electron chi connectivity index (χ4n) is 3.99. The van der Waals surface area contributed by atoms with Crippen molar-refractivity contribution in [3.8, 4) is 11.5 Å². The Morgan fingerprint density at radius 3 is 2.57 bits per heavy atom. The Kier molecular flexibility index (Phi) is 10.1. The van der Waals surface area contributed by atoms with E-state index < -0.39 is 4.92 Å². The number of carbonyl (C=O) groups is 1. The number of nitrogens with one attached hydrogen (secondary N) is 2. The molecule has 0 radical (unpaired) electrons. The van der Waals surface area contributed by atoms with Gasteiger partial charge in [0.15, 0.2) is 11.5 Å². The Labute approximate surface area is 205 Å². The first kappa shape index (κ1) is 26.2. The lowest BCUT2D eigenvalue weighted by molar-refractivity contribution is -0.384. The average molecular weight is 487 g/mol. The van der Waals surface area contributed by atoms with E-state index in [9.17, 15) is 14.9 Å². The van der Waals surface area contributed by atoms with Crippen LogP contribution in [-0.2, 0) is 9.53 Å². The number of rotatable bonds is 13. The number of non-ortho nitro benzene ring substituents is 1. The zero-order valence-corrected chi connectivity index (χ0v) is 20.3. The van der Waals surface area contributed by atoms with Crippen molar-refractivity contribution < 1.29 is 23.9 Å². The molecule has 1 atom stereocenters. The molecule has 1 heterocycles. The van der Waals surface area contributed by atoms with Crippen LogP contribution in [-0.4, -0.2) is 68.8 Å². The molecule has 1 amide bonds. The predicted octanol–water partition coefficient (Wildman–Crippen LogP) is 3.38. The normalized spacial score (nSPS) is 14.7. The van der Waals surface area contributed by atoms with E-state index in [1.165, 1.54) is 12.1 Å². The van der Waals surface area contributed by atoms with E-state index in [0.29, 0.717) is 57.3 Å². The minimum Gasteiger partial charge on any atom is -0.493 e.